The Morgan fingerprint density at radius 3 is 2.60 bits per heavy atom. The summed E-state index contributed by atoms with van der Waals surface area (Å²) in [4.78, 5) is 2.07. The molecule has 1 aromatic carbocycles. The number of aromatic nitrogens is 2. The molecule has 0 amide bonds. The van der Waals surface area contributed by atoms with Crippen molar-refractivity contribution < 1.29 is 0 Å². The molecule has 20 heavy (non-hydrogen) atoms. The summed E-state index contributed by atoms with van der Waals surface area (Å²) in [6.45, 7) is 3.91. The summed E-state index contributed by atoms with van der Waals surface area (Å²) in [5, 5.41) is 16.8. The molecule has 0 radical (unpaired) electrons. The first-order valence-corrected chi connectivity index (χ1v) is 6.42. The van der Waals surface area contributed by atoms with Gasteiger partial charge in [-0.15, -0.1) is 0 Å². The van der Waals surface area contributed by atoms with Crippen LogP contribution in [0.3, 0.4) is 0 Å². The average molecular weight is 269 g/mol. The maximum Gasteiger partial charge on any atom is 0.146 e. The normalized spacial score (nSPS) is 10.2. The van der Waals surface area contributed by atoms with Gasteiger partial charge >= 0.3 is 0 Å². The lowest BCUT2D eigenvalue weighted by Gasteiger charge is -2.17. The van der Waals surface area contributed by atoms with E-state index >= 15 is 0 Å². The van der Waals surface area contributed by atoms with E-state index in [2.05, 4.69) is 40.4 Å². The van der Waals surface area contributed by atoms with Crippen LogP contribution in [0.5, 0.6) is 0 Å². The van der Waals surface area contributed by atoms with E-state index in [1.807, 2.05) is 34.1 Å². The van der Waals surface area contributed by atoms with Crippen molar-refractivity contribution in [1.29, 1.82) is 5.26 Å². The van der Waals surface area contributed by atoms with Crippen molar-refractivity contribution in [2.75, 3.05) is 24.3 Å². The smallest absolute Gasteiger partial charge is 0.146 e. The third-order valence-electron chi connectivity index (χ3n) is 3.29. The number of nitrogens with zero attached hydrogens (tertiary/aromatic N) is 4. The highest BCUT2D eigenvalue weighted by molar-refractivity contribution is 5.69. The second-order valence-corrected chi connectivity index (χ2v) is 5.07. The topological polar surface area (TPSA) is 56.9 Å². The summed E-state index contributed by atoms with van der Waals surface area (Å²) >= 11 is 0. The molecule has 5 nitrogen and oxygen atoms in total. The van der Waals surface area contributed by atoms with Crippen LogP contribution >= 0.6 is 0 Å². The maximum atomic E-state index is 9.23. The molecule has 1 aromatic heterocycles. The van der Waals surface area contributed by atoms with Crippen molar-refractivity contribution in [2.24, 2.45) is 7.05 Å². The van der Waals surface area contributed by atoms with Crippen LogP contribution in [0.1, 0.15) is 16.8 Å². The van der Waals surface area contributed by atoms with E-state index in [-0.39, 0.29) is 0 Å². The molecule has 2 aromatic rings. The fourth-order valence-electron chi connectivity index (χ4n) is 2.24. The molecule has 0 saturated carbocycles. The van der Waals surface area contributed by atoms with Crippen molar-refractivity contribution in [3.05, 3.63) is 35.0 Å². The Kier molecular flexibility index (Phi) is 3.66. The van der Waals surface area contributed by atoms with Gasteiger partial charge in [-0.25, -0.2) is 0 Å². The number of anilines is 3. The van der Waals surface area contributed by atoms with E-state index < -0.39 is 0 Å². The molecular weight excluding hydrogens is 250 g/mol. The Morgan fingerprint density at radius 2 is 2.00 bits per heavy atom. The van der Waals surface area contributed by atoms with Gasteiger partial charge < -0.3 is 10.2 Å². The van der Waals surface area contributed by atoms with Gasteiger partial charge in [0.1, 0.15) is 17.5 Å². The quantitative estimate of drug-likeness (QED) is 0.930. The Labute approximate surface area is 119 Å². The van der Waals surface area contributed by atoms with Crippen LogP contribution in [0.2, 0.25) is 0 Å². The van der Waals surface area contributed by atoms with Crippen molar-refractivity contribution in [3.8, 4) is 6.07 Å². The SMILES string of the molecule is Cc1ccc(Nc2c(C#N)c(C)nn2C)cc1N(C)C. The summed E-state index contributed by atoms with van der Waals surface area (Å²) < 4.78 is 1.70. The molecule has 0 aliphatic rings. The van der Waals surface area contributed by atoms with Gasteiger partial charge in [0.05, 0.1) is 5.69 Å². The first kappa shape index (κ1) is 13.9. The lowest BCUT2D eigenvalue weighted by molar-refractivity contribution is 0.765. The molecule has 2 rings (SSSR count). The lowest BCUT2D eigenvalue weighted by Crippen LogP contribution is -2.10. The lowest BCUT2D eigenvalue weighted by atomic mass is 10.1. The Bertz CT molecular complexity index is 676. The van der Waals surface area contributed by atoms with Gasteiger partial charge in [-0.1, -0.05) is 6.07 Å². The molecule has 0 fully saturated rings. The summed E-state index contributed by atoms with van der Waals surface area (Å²) in [7, 11) is 5.86. The summed E-state index contributed by atoms with van der Waals surface area (Å²) in [6.07, 6.45) is 0. The molecule has 0 spiro atoms. The third kappa shape index (κ3) is 2.45. The van der Waals surface area contributed by atoms with E-state index in [9.17, 15) is 5.26 Å². The van der Waals surface area contributed by atoms with Gasteiger partial charge in [0.2, 0.25) is 0 Å². The Hall–Kier alpha value is -2.48. The van der Waals surface area contributed by atoms with E-state index in [0.29, 0.717) is 5.56 Å². The molecule has 0 aliphatic carbocycles. The molecule has 1 N–H and O–H groups in total. The molecule has 0 aliphatic heterocycles. The van der Waals surface area contributed by atoms with Crippen molar-refractivity contribution in [1.82, 2.24) is 9.78 Å². The van der Waals surface area contributed by atoms with Crippen LogP contribution in [-0.4, -0.2) is 23.9 Å². The van der Waals surface area contributed by atoms with Crippen LogP contribution in [0.4, 0.5) is 17.2 Å². The average Bonchev–Trinajstić information content (AvgIpc) is 2.65. The minimum Gasteiger partial charge on any atom is -0.377 e. The van der Waals surface area contributed by atoms with Gasteiger partial charge in [-0.05, 0) is 31.5 Å². The highest BCUT2D eigenvalue weighted by Gasteiger charge is 2.13. The van der Waals surface area contributed by atoms with Crippen LogP contribution in [0, 0.1) is 25.2 Å². The summed E-state index contributed by atoms with van der Waals surface area (Å²) in [5.41, 5.74) is 4.62. The molecule has 0 atom stereocenters. The van der Waals surface area contributed by atoms with E-state index in [1.165, 1.54) is 5.56 Å². The number of rotatable bonds is 3. The van der Waals surface area contributed by atoms with Crippen LogP contribution in [0.15, 0.2) is 18.2 Å². The van der Waals surface area contributed by atoms with Gasteiger partial charge in [-0.2, -0.15) is 10.4 Å². The van der Waals surface area contributed by atoms with Gasteiger partial charge in [0.25, 0.3) is 0 Å². The summed E-state index contributed by atoms with van der Waals surface area (Å²) in [5.74, 6) is 0.721. The second kappa shape index (κ2) is 5.25. The number of benzene rings is 1. The number of nitriles is 1. The van der Waals surface area contributed by atoms with E-state index in [4.69, 9.17) is 0 Å². The fraction of sp³-hybridized carbons (Fsp3) is 0.333. The molecule has 1 heterocycles. The standard InChI is InChI=1S/C15H19N5/c1-10-6-7-12(8-14(10)19(3)4)17-15-13(9-16)11(2)18-20(15)5/h6-8,17H,1-5H3. The van der Waals surface area contributed by atoms with Crippen LogP contribution in [0.25, 0.3) is 0 Å². The fourth-order valence-corrected chi connectivity index (χ4v) is 2.24. The molecule has 5 heteroatoms. The number of hydrogen-bond acceptors (Lipinski definition) is 4. The maximum absolute atomic E-state index is 9.23. The Balaban J connectivity index is 2.41. The van der Waals surface area contributed by atoms with E-state index in [0.717, 1.165) is 22.9 Å². The number of nitrogens with one attached hydrogen (secondary N) is 1. The number of aryl methyl sites for hydroxylation is 3. The zero-order valence-corrected chi connectivity index (χ0v) is 12.5. The predicted octanol–water partition coefficient (Wildman–Crippen LogP) is 2.72. The largest absolute Gasteiger partial charge is 0.377 e. The minimum atomic E-state index is 0.583. The van der Waals surface area contributed by atoms with Gasteiger partial charge in [-0.3, -0.25) is 4.68 Å². The second-order valence-electron chi connectivity index (χ2n) is 5.07. The monoisotopic (exact) mass is 269 g/mol. The molecule has 0 saturated heterocycles. The minimum absolute atomic E-state index is 0.583. The van der Waals surface area contributed by atoms with Gasteiger partial charge in [0.15, 0.2) is 0 Å². The Morgan fingerprint density at radius 1 is 1.30 bits per heavy atom. The van der Waals surface area contributed by atoms with Crippen LogP contribution in [-0.2, 0) is 7.05 Å². The first-order valence-electron chi connectivity index (χ1n) is 6.42. The summed E-state index contributed by atoms with van der Waals surface area (Å²) in [6, 6.07) is 8.33. The first-order chi connectivity index (χ1) is 9.43. The zero-order valence-electron chi connectivity index (χ0n) is 12.5. The van der Waals surface area contributed by atoms with Gasteiger partial charge in [0, 0.05) is 32.5 Å². The zero-order chi connectivity index (χ0) is 14.9. The predicted molar refractivity (Wildman–Crippen MR) is 81.4 cm³/mol. The molecule has 104 valence electrons. The molecule has 0 bridgehead atoms. The van der Waals surface area contributed by atoms with Crippen molar-refractivity contribution in [3.63, 3.8) is 0 Å². The van der Waals surface area contributed by atoms with E-state index in [1.54, 1.807) is 4.68 Å². The molecular formula is C15H19N5. The van der Waals surface area contributed by atoms with Crippen molar-refractivity contribution in [2.45, 2.75) is 13.8 Å². The van der Waals surface area contributed by atoms with Crippen LogP contribution < -0.4 is 10.2 Å². The number of hydrogen-bond donors (Lipinski definition) is 1. The molecule has 0 unspecified atom stereocenters. The van der Waals surface area contributed by atoms with Crippen molar-refractivity contribution >= 4 is 17.2 Å². The third-order valence-corrected chi connectivity index (χ3v) is 3.29. The highest BCUT2D eigenvalue weighted by atomic mass is 15.3. The highest BCUT2D eigenvalue weighted by Crippen LogP contribution is 2.27.